The van der Waals surface area contributed by atoms with Crippen LogP contribution in [0, 0.1) is 6.92 Å². The van der Waals surface area contributed by atoms with Gasteiger partial charge in [-0.05, 0) is 29.8 Å². The summed E-state index contributed by atoms with van der Waals surface area (Å²) < 4.78 is 5.41. The smallest absolute Gasteiger partial charge is 0.228 e. The van der Waals surface area contributed by atoms with Gasteiger partial charge >= 0.3 is 0 Å². The number of fused-ring (bicyclic) bond motifs is 1. The van der Waals surface area contributed by atoms with Gasteiger partial charge in [0, 0.05) is 12.6 Å². The molecule has 0 radical (unpaired) electrons. The van der Waals surface area contributed by atoms with Gasteiger partial charge in [-0.2, -0.15) is 0 Å². The molecule has 4 heteroatoms. The molecular formula is C16H14N2O2. The van der Waals surface area contributed by atoms with Crippen LogP contribution in [-0.2, 0) is 11.2 Å². The standard InChI is InChI=1S/C16H14N2O2/c1-11-17-14-9-12(7-8-15(14)20-11)10-16(19)18-13-5-3-2-4-6-13/h2-9H,10H2,1H3,(H,18,19). The van der Waals surface area contributed by atoms with E-state index < -0.39 is 0 Å². The molecule has 0 aliphatic carbocycles. The fraction of sp³-hybridized carbons (Fsp3) is 0.125. The largest absolute Gasteiger partial charge is 0.441 e. The Bertz CT molecular complexity index is 748. The molecule has 0 aliphatic rings. The third-order valence-electron chi connectivity index (χ3n) is 2.98. The Morgan fingerprint density at radius 1 is 1.20 bits per heavy atom. The fourth-order valence-electron chi connectivity index (χ4n) is 2.11. The maximum absolute atomic E-state index is 12.0. The summed E-state index contributed by atoms with van der Waals surface area (Å²) in [4.78, 5) is 16.2. The summed E-state index contributed by atoms with van der Waals surface area (Å²) in [6.07, 6.45) is 0.316. The van der Waals surface area contributed by atoms with E-state index in [1.165, 1.54) is 0 Å². The number of carbonyl (C=O) groups excluding carboxylic acids is 1. The highest BCUT2D eigenvalue weighted by molar-refractivity contribution is 5.92. The number of nitrogens with one attached hydrogen (secondary N) is 1. The van der Waals surface area contributed by atoms with Gasteiger partial charge in [-0.25, -0.2) is 4.98 Å². The van der Waals surface area contributed by atoms with Crippen LogP contribution >= 0.6 is 0 Å². The second-order valence-corrected chi connectivity index (χ2v) is 4.63. The third kappa shape index (κ3) is 2.69. The summed E-state index contributed by atoms with van der Waals surface area (Å²) >= 11 is 0. The van der Waals surface area contributed by atoms with Crippen molar-refractivity contribution in [3.8, 4) is 0 Å². The van der Waals surface area contributed by atoms with Gasteiger partial charge in [0.1, 0.15) is 5.52 Å². The van der Waals surface area contributed by atoms with E-state index in [1.54, 1.807) is 0 Å². The maximum atomic E-state index is 12.0. The number of hydrogen-bond donors (Lipinski definition) is 1. The lowest BCUT2D eigenvalue weighted by Crippen LogP contribution is -2.14. The van der Waals surface area contributed by atoms with E-state index in [0.29, 0.717) is 12.3 Å². The molecule has 1 aromatic heterocycles. The molecule has 3 rings (SSSR count). The minimum Gasteiger partial charge on any atom is -0.441 e. The molecule has 0 bridgehead atoms. The second kappa shape index (κ2) is 5.17. The van der Waals surface area contributed by atoms with E-state index in [-0.39, 0.29) is 5.91 Å². The predicted molar refractivity (Wildman–Crippen MR) is 77.5 cm³/mol. The number of nitrogens with zero attached hydrogens (tertiary/aromatic N) is 1. The van der Waals surface area contributed by atoms with Gasteiger partial charge in [-0.15, -0.1) is 0 Å². The Balaban J connectivity index is 1.74. The van der Waals surface area contributed by atoms with E-state index in [1.807, 2.05) is 55.5 Å². The molecule has 0 saturated heterocycles. The minimum atomic E-state index is -0.0456. The number of carbonyl (C=O) groups is 1. The van der Waals surface area contributed by atoms with Crippen LogP contribution in [0.15, 0.2) is 52.9 Å². The van der Waals surface area contributed by atoms with Crippen molar-refractivity contribution in [2.75, 3.05) is 5.32 Å². The molecule has 1 N–H and O–H groups in total. The van der Waals surface area contributed by atoms with Crippen LogP contribution in [0.1, 0.15) is 11.5 Å². The Hall–Kier alpha value is -2.62. The van der Waals surface area contributed by atoms with Gasteiger partial charge in [-0.3, -0.25) is 4.79 Å². The van der Waals surface area contributed by atoms with Crippen molar-refractivity contribution in [2.45, 2.75) is 13.3 Å². The van der Waals surface area contributed by atoms with Crippen LogP contribution in [0.4, 0.5) is 5.69 Å². The third-order valence-corrected chi connectivity index (χ3v) is 2.98. The van der Waals surface area contributed by atoms with Gasteiger partial charge in [0.25, 0.3) is 0 Å². The normalized spacial score (nSPS) is 10.7. The zero-order chi connectivity index (χ0) is 13.9. The molecule has 4 nitrogen and oxygen atoms in total. The first kappa shape index (κ1) is 12.4. The van der Waals surface area contributed by atoms with Crippen molar-refractivity contribution in [1.82, 2.24) is 4.98 Å². The predicted octanol–water partition coefficient (Wildman–Crippen LogP) is 3.32. The van der Waals surface area contributed by atoms with Crippen molar-refractivity contribution < 1.29 is 9.21 Å². The lowest BCUT2D eigenvalue weighted by atomic mass is 10.1. The minimum absolute atomic E-state index is 0.0456. The molecule has 0 fully saturated rings. The molecule has 100 valence electrons. The maximum Gasteiger partial charge on any atom is 0.228 e. The zero-order valence-corrected chi connectivity index (χ0v) is 11.1. The van der Waals surface area contributed by atoms with Gasteiger partial charge in [-0.1, -0.05) is 24.3 Å². The number of para-hydroxylation sites is 1. The first-order chi connectivity index (χ1) is 9.70. The SMILES string of the molecule is Cc1nc2cc(CC(=O)Nc3ccccc3)ccc2o1. The van der Waals surface area contributed by atoms with Gasteiger partial charge in [0.15, 0.2) is 11.5 Å². The number of benzene rings is 2. The van der Waals surface area contributed by atoms with E-state index in [4.69, 9.17) is 4.42 Å². The van der Waals surface area contributed by atoms with Crippen LogP contribution in [-0.4, -0.2) is 10.9 Å². The fourth-order valence-corrected chi connectivity index (χ4v) is 2.11. The van der Waals surface area contributed by atoms with Crippen molar-refractivity contribution in [2.24, 2.45) is 0 Å². The van der Waals surface area contributed by atoms with Gasteiger partial charge in [0.2, 0.25) is 5.91 Å². The second-order valence-electron chi connectivity index (χ2n) is 4.63. The van der Waals surface area contributed by atoms with Crippen LogP contribution in [0.3, 0.4) is 0 Å². The summed E-state index contributed by atoms with van der Waals surface area (Å²) in [7, 11) is 0. The summed E-state index contributed by atoms with van der Waals surface area (Å²) in [5.41, 5.74) is 3.25. The molecule has 1 heterocycles. The molecule has 0 atom stereocenters. The average Bonchev–Trinajstić information content (AvgIpc) is 2.79. The lowest BCUT2D eigenvalue weighted by Gasteiger charge is -2.04. The quantitative estimate of drug-likeness (QED) is 0.791. The lowest BCUT2D eigenvalue weighted by molar-refractivity contribution is -0.115. The number of oxazole rings is 1. The Morgan fingerprint density at radius 2 is 2.00 bits per heavy atom. The van der Waals surface area contributed by atoms with Gasteiger partial charge in [0.05, 0.1) is 6.42 Å². The molecule has 20 heavy (non-hydrogen) atoms. The van der Waals surface area contributed by atoms with E-state index >= 15 is 0 Å². The highest BCUT2D eigenvalue weighted by atomic mass is 16.3. The van der Waals surface area contributed by atoms with Crippen LogP contribution in [0.25, 0.3) is 11.1 Å². The molecule has 3 aromatic rings. The van der Waals surface area contributed by atoms with Gasteiger partial charge < -0.3 is 9.73 Å². The summed E-state index contributed by atoms with van der Waals surface area (Å²) in [5.74, 6) is 0.585. The van der Waals surface area contributed by atoms with Crippen molar-refractivity contribution in [3.05, 3.63) is 60.0 Å². The molecular weight excluding hydrogens is 252 g/mol. The highest BCUT2D eigenvalue weighted by Crippen LogP contribution is 2.17. The number of rotatable bonds is 3. The van der Waals surface area contributed by atoms with Crippen molar-refractivity contribution in [1.29, 1.82) is 0 Å². The Morgan fingerprint density at radius 3 is 2.80 bits per heavy atom. The summed E-state index contributed by atoms with van der Waals surface area (Å²) in [5, 5.41) is 2.86. The highest BCUT2D eigenvalue weighted by Gasteiger charge is 2.07. The monoisotopic (exact) mass is 266 g/mol. The molecule has 0 saturated carbocycles. The first-order valence-corrected chi connectivity index (χ1v) is 6.42. The zero-order valence-electron chi connectivity index (χ0n) is 11.1. The molecule has 0 unspecified atom stereocenters. The first-order valence-electron chi connectivity index (χ1n) is 6.42. The summed E-state index contributed by atoms with van der Waals surface area (Å²) in [6.45, 7) is 1.81. The number of anilines is 1. The topological polar surface area (TPSA) is 55.1 Å². The Kier molecular flexibility index (Phi) is 3.21. The van der Waals surface area contributed by atoms with Crippen LogP contribution in [0.2, 0.25) is 0 Å². The molecule has 0 aliphatic heterocycles. The van der Waals surface area contributed by atoms with E-state index in [2.05, 4.69) is 10.3 Å². The van der Waals surface area contributed by atoms with E-state index in [0.717, 1.165) is 22.4 Å². The van der Waals surface area contributed by atoms with E-state index in [9.17, 15) is 4.79 Å². The Labute approximate surface area is 116 Å². The average molecular weight is 266 g/mol. The summed E-state index contributed by atoms with van der Waals surface area (Å²) in [6, 6.07) is 15.0. The molecule has 2 aromatic carbocycles. The van der Waals surface area contributed by atoms with Crippen LogP contribution < -0.4 is 5.32 Å². The van der Waals surface area contributed by atoms with Crippen molar-refractivity contribution >= 4 is 22.7 Å². The molecule has 1 amide bonds. The molecule has 0 spiro atoms. The number of aryl methyl sites for hydroxylation is 1. The number of aromatic nitrogens is 1. The van der Waals surface area contributed by atoms with Crippen LogP contribution in [0.5, 0.6) is 0 Å². The van der Waals surface area contributed by atoms with Crippen molar-refractivity contribution in [3.63, 3.8) is 0 Å². The number of hydrogen-bond acceptors (Lipinski definition) is 3. The number of amides is 1.